The molecular weight excluding hydrogens is 799 g/mol. The van der Waals surface area contributed by atoms with Gasteiger partial charge in [-0.05, 0) is 44.9 Å². The molecule has 0 aliphatic carbocycles. The third-order valence-corrected chi connectivity index (χ3v) is 13.7. The van der Waals surface area contributed by atoms with Crippen LogP contribution in [0.15, 0.2) is 36.5 Å². The van der Waals surface area contributed by atoms with Gasteiger partial charge in [0.15, 0.2) is 0 Å². The van der Waals surface area contributed by atoms with Gasteiger partial charge in [-0.2, -0.15) is 0 Å². The number of carbonyl (C=O) groups is 1. The first-order valence-corrected chi connectivity index (χ1v) is 29.3. The highest BCUT2D eigenvalue weighted by Gasteiger charge is 2.22. The van der Waals surface area contributed by atoms with Gasteiger partial charge in [0.25, 0.3) is 0 Å². The van der Waals surface area contributed by atoms with Crippen molar-refractivity contribution < 1.29 is 20.1 Å². The Labute approximate surface area is 406 Å². The summed E-state index contributed by atoms with van der Waals surface area (Å²) in [5, 5.41) is 33.3. The summed E-state index contributed by atoms with van der Waals surface area (Å²) in [5.41, 5.74) is 0. The predicted molar refractivity (Wildman–Crippen MR) is 287 cm³/mol. The molecule has 0 saturated heterocycles. The smallest absolute Gasteiger partial charge is 0.249 e. The molecule has 65 heavy (non-hydrogen) atoms. The van der Waals surface area contributed by atoms with Crippen molar-refractivity contribution in [2.75, 3.05) is 6.61 Å². The fraction of sp³-hybridized carbons (Fsp3) is 0.883. The van der Waals surface area contributed by atoms with Gasteiger partial charge < -0.3 is 20.6 Å². The van der Waals surface area contributed by atoms with Gasteiger partial charge in [0, 0.05) is 0 Å². The standard InChI is InChI=1S/C60H115NO4/c1-3-5-7-9-11-13-15-17-19-21-22-23-24-25-26-27-28-29-30-31-32-33-34-35-36-37-39-41-43-45-47-49-51-53-55-59(64)60(65)61-57(56-62)58(63)54-52-50-48-46-44-42-40-38-20-18-16-14-12-10-8-6-4-2/h20,38,44,46,52,54,57-59,62-64H,3-19,21-37,39-43,45,47-51,53,55-56H2,1-2H3,(H,61,65)/b38-20+,46-44+,54-52+. The number of rotatable bonds is 54. The highest BCUT2D eigenvalue weighted by atomic mass is 16.3. The van der Waals surface area contributed by atoms with Crippen LogP contribution in [0.1, 0.15) is 316 Å². The molecule has 0 radical (unpaired) electrons. The molecule has 0 aromatic heterocycles. The molecule has 0 heterocycles. The number of unbranched alkanes of at least 4 members (excludes halogenated alkanes) is 42. The molecule has 0 aromatic carbocycles. The minimum atomic E-state index is -1.11. The van der Waals surface area contributed by atoms with Crippen LogP contribution in [0.4, 0.5) is 0 Å². The van der Waals surface area contributed by atoms with Gasteiger partial charge in [0.05, 0.1) is 18.8 Å². The Morgan fingerprint density at radius 2 is 0.631 bits per heavy atom. The summed E-state index contributed by atoms with van der Waals surface area (Å²) in [6.07, 6.45) is 72.5. The van der Waals surface area contributed by atoms with Crippen molar-refractivity contribution in [3.63, 3.8) is 0 Å². The number of amides is 1. The molecule has 0 rings (SSSR count). The second kappa shape index (κ2) is 55.2. The van der Waals surface area contributed by atoms with E-state index >= 15 is 0 Å². The number of nitrogens with one attached hydrogen (secondary N) is 1. The molecule has 0 spiro atoms. The van der Waals surface area contributed by atoms with Gasteiger partial charge in [-0.15, -0.1) is 0 Å². The van der Waals surface area contributed by atoms with Gasteiger partial charge in [-0.1, -0.05) is 307 Å². The summed E-state index contributed by atoms with van der Waals surface area (Å²) in [7, 11) is 0. The van der Waals surface area contributed by atoms with Crippen LogP contribution in [0.5, 0.6) is 0 Å². The van der Waals surface area contributed by atoms with Crippen molar-refractivity contribution in [1.82, 2.24) is 5.32 Å². The molecule has 5 nitrogen and oxygen atoms in total. The number of allylic oxidation sites excluding steroid dienone is 5. The molecule has 0 saturated carbocycles. The maximum absolute atomic E-state index is 12.5. The molecule has 5 heteroatoms. The third kappa shape index (κ3) is 50.3. The number of hydrogen-bond donors (Lipinski definition) is 4. The monoisotopic (exact) mass is 914 g/mol. The van der Waals surface area contributed by atoms with E-state index in [0.717, 1.165) is 44.9 Å². The minimum absolute atomic E-state index is 0.379. The van der Waals surface area contributed by atoms with E-state index in [9.17, 15) is 20.1 Å². The average Bonchev–Trinajstić information content (AvgIpc) is 3.31. The summed E-state index contributed by atoms with van der Waals surface area (Å²) in [4.78, 5) is 12.5. The Balaban J connectivity index is 3.51. The van der Waals surface area contributed by atoms with Crippen molar-refractivity contribution in [3.05, 3.63) is 36.5 Å². The van der Waals surface area contributed by atoms with E-state index < -0.39 is 24.2 Å². The van der Waals surface area contributed by atoms with Crippen molar-refractivity contribution in [1.29, 1.82) is 0 Å². The summed E-state index contributed by atoms with van der Waals surface area (Å²) < 4.78 is 0. The number of aliphatic hydroxyl groups is 3. The molecule has 0 bridgehead atoms. The van der Waals surface area contributed by atoms with Crippen molar-refractivity contribution in [3.8, 4) is 0 Å². The van der Waals surface area contributed by atoms with Crippen LogP contribution in [0, 0.1) is 0 Å². The van der Waals surface area contributed by atoms with Crippen LogP contribution in [0.25, 0.3) is 0 Å². The SMILES string of the molecule is CCCCCCCCC/C=C/CC/C=C/CC/C=C/C(O)C(CO)NC(=O)C(O)CCCCCCCCCCCCCCCCCCCCCCCCCCCCCCCCCCCC. The average molecular weight is 915 g/mol. The molecule has 0 aliphatic rings. The Morgan fingerprint density at radius 3 is 0.938 bits per heavy atom. The summed E-state index contributed by atoms with van der Waals surface area (Å²) >= 11 is 0. The lowest BCUT2D eigenvalue weighted by Gasteiger charge is -2.21. The van der Waals surface area contributed by atoms with E-state index in [1.165, 1.54) is 250 Å². The normalized spacial score (nSPS) is 13.5. The molecular formula is C60H115NO4. The first-order valence-electron chi connectivity index (χ1n) is 29.3. The highest BCUT2D eigenvalue weighted by Crippen LogP contribution is 2.18. The Morgan fingerprint density at radius 1 is 0.369 bits per heavy atom. The predicted octanol–water partition coefficient (Wildman–Crippen LogP) is 18.2. The van der Waals surface area contributed by atoms with Crippen LogP contribution in [0.3, 0.4) is 0 Å². The Kier molecular flexibility index (Phi) is 54.0. The van der Waals surface area contributed by atoms with Gasteiger partial charge in [0.1, 0.15) is 6.10 Å². The fourth-order valence-corrected chi connectivity index (χ4v) is 9.16. The zero-order chi connectivity index (χ0) is 47.2. The number of aliphatic hydroxyl groups excluding tert-OH is 3. The van der Waals surface area contributed by atoms with Gasteiger partial charge >= 0.3 is 0 Å². The Bertz CT molecular complexity index is 1010. The molecule has 4 N–H and O–H groups in total. The summed E-state index contributed by atoms with van der Waals surface area (Å²) in [6.45, 7) is 4.19. The molecule has 0 aromatic rings. The number of hydrogen-bond acceptors (Lipinski definition) is 4. The van der Waals surface area contributed by atoms with Crippen LogP contribution in [-0.4, -0.2) is 46.1 Å². The van der Waals surface area contributed by atoms with Crippen LogP contribution < -0.4 is 5.32 Å². The van der Waals surface area contributed by atoms with Crippen LogP contribution in [-0.2, 0) is 4.79 Å². The van der Waals surface area contributed by atoms with Crippen molar-refractivity contribution >= 4 is 5.91 Å². The zero-order valence-electron chi connectivity index (χ0n) is 43.9. The lowest BCUT2D eigenvalue weighted by Crippen LogP contribution is -2.48. The van der Waals surface area contributed by atoms with Gasteiger partial charge in [0.2, 0.25) is 5.91 Å². The largest absolute Gasteiger partial charge is 0.394 e. The molecule has 384 valence electrons. The van der Waals surface area contributed by atoms with E-state index in [1.807, 2.05) is 6.08 Å². The molecule has 0 aliphatic heterocycles. The zero-order valence-corrected chi connectivity index (χ0v) is 43.9. The molecule has 3 atom stereocenters. The second-order valence-electron chi connectivity index (χ2n) is 20.2. The lowest BCUT2D eigenvalue weighted by molar-refractivity contribution is -0.131. The van der Waals surface area contributed by atoms with Crippen LogP contribution >= 0.6 is 0 Å². The topological polar surface area (TPSA) is 89.8 Å². The van der Waals surface area contributed by atoms with E-state index in [-0.39, 0.29) is 6.61 Å². The molecule has 0 fully saturated rings. The highest BCUT2D eigenvalue weighted by molar-refractivity contribution is 5.80. The van der Waals surface area contributed by atoms with Gasteiger partial charge in [-0.3, -0.25) is 4.79 Å². The van der Waals surface area contributed by atoms with E-state index in [4.69, 9.17) is 0 Å². The summed E-state index contributed by atoms with van der Waals surface area (Å²) in [6, 6.07) is -0.820. The second-order valence-corrected chi connectivity index (χ2v) is 20.2. The van der Waals surface area contributed by atoms with E-state index in [0.29, 0.717) is 6.42 Å². The molecule has 3 unspecified atom stereocenters. The van der Waals surface area contributed by atoms with Crippen LogP contribution in [0.2, 0.25) is 0 Å². The van der Waals surface area contributed by atoms with Gasteiger partial charge in [-0.25, -0.2) is 0 Å². The fourth-order valence-electron chi connectivity index (χ4n) is 9.16. The van der Waals surface area contributed by atoms with Crippen molar-refractivity contribution in [2.45, 2.75) is 334 Å². The van der Waals surface area contributed by atoms with E-state index in [1.54, 1.807) is 6.08 Å². The van der Waals surface area contributed by atoms with E-state index in [2.05, 4.69) is 43.5 Å². The maximum Gasteiger partial charge on any atom is 0.249 e. The Hall–Kier alpha value is -1.43. The molecule has 1 amide bonds. The number of carbonyl (C=O) groups excluding carboxylic acids is 1. The maximum atomic E-state index is 12.5. The summed E-state index contributed by atoms with van der Waals surface area (Å²) in [5.74, 6) is -0.512. The first kappa shape index (κ1) is 63.6. The quantitative estimate of drug-likeness (QED) is 0.0361. The third-order valence-electron chi connectivity index (χ3n) is 13.7. The lowest BCUT2D eigenvalue weighted by atomic mass is 10.0. The minimum Gasteiger partial charge on any atom is -0.394 e. The van der Waals surface area contributed by atoms with Crippen molar-refractivity contribution in [2.24, 2.45) is 0 Å². The first-order chi connectivity index (χ1) is 32.1.